The summed E-state index contributed by atoms with van der Waals surface area (Å²) in [6.07, 6.45) is -10.4. The van der Waals surface area contributed by atoms with E-state index in [-0.39, 0.29) is 22.6 Å². The highest BCUT2D eigenvalue weighted by Gasteiger charge is 2.47. The largest absolute Gasteiger partial charge is 0.495 e. The topological polar surface area (TPSA) is 104 Å². The number of nitrogens with zero attached hydrogens (tertiary/aromatic N) is 1. The van der Waals surface area contributed by atoms with Crippen LogP contribution in [0, 0.1) is 12.7 Å². The minimum Gasteiger partial charge on any atom is -0.495 e. The lowest BCUT2D eigenvalue weighted by Gasteiger charge is -2.35. The highest BCUT2D eigenvalue weighted by molar-refractivity contribution is 7.93. The molecule has 0 unspecified atom stereocenters. The number of ether oxygens (including phenoxy) is 2. The third-order valence-electron chi connectivity index (χ3n) is 6.72. The van der Waals surface area contributed by atoms with Crippen molar-refractivity contribution >= 4 is 25.7 Å². The fraction of sp³-hybridized carbons (Fsp3) is 0.360. The maximum atomic E-state index is 14.4. The summed E-state index contributed by atoms with van der Waals surface area (Å²) in [5.41, 5.74) is -5.42. The molecule has 1 heterocycles. The van der Waals surface area contributed by atoms with Crippen molar-refractivity contribution in [2.45, 2.75) is 54.2 Å². The van der Waals surface area contributed by atoms with E-state index in [1.54, 1.807) is 6.92 Å². The van der Waals surface area contributed by atoms with Gasteiger partial charge in [-0.05, 0) is 43.5 Å². The van der Waals surface area contributed by atoms with Crippen molar-refractivity contribution in [3.05, 3.63) is 70.8 Å². The van der Waals surface area contributed by atoms with E-state index in [0.717, 1.165) is 7.11 Å². The van der Waals surface area contributed by atoms with Crippen LogP contribution in [0.1, 0.15) is 32.9 Å². The van der Waals surface area contributed by atoms with Crippen LogP contribution in [0.25, 0.3) is 0 Å². The first-order valence-corrected chi connectivity index (χ1v) is 14.5. The maximum absolute atomic E-state index is 14.4. The third kappa shape index (κ3) is 5.51. The van der Waals surface area contributed by atoms with Crippen molar-refractivity contribution in [2.24, 2.45) is 0 Å². The zero-order valence-electron chi connectivity index (χ0n) is 24.2. The monoisotopic (exact) mass is 629 g/mol. The highest BCUT2D eigenvalue weighted by Crippen LogP contribution is 2.42. The van der Waals surface area contributed by atoms with Gasteiger partial charge in [0.15, 0.2) is 0 Å². The van der Waals surface area contributed by atoms with Crippen molar-refractivity contribution in [2.75, 3.05) is 18.9 Å². The molecule has 1 atom stereocenters. The lowest BCUT2D eigenvalue weighted by molar-refractivity contribution is -0.140. The second-order valence-electron chi connectivity index (χ2n) is 9.31. The third-order valence-corrected chi connectivity index (χ3v) is 9.85. The van der Waals surface area contributed by atoms with Gasteiger partial charge in [0.1, 0.15) is 22.1 Å². The summed E-state index contributed by atoms with van der Waals surface area (Å²) in [6.45, 7) is 1.66. The zero-order chi connectivity index (χ0) is 33.0. The van der Waals surface area contributed by atoms with Gasteiger partial charge in [-0.2, -0.15) is 13.2 Å². The number of methoxy groups -OCH3 is 2. The number of aryl methyl sites for hydroxylation is 1. The van der Waals surface area contributed by atoms with E-state index in [0.29, 0.717) is 15.7 Å². The van der Waals surface area contributed by atoms with Crippen LogP contribution < -0.4 is 9.46 Å². The van der Waals surface area contributed by atoms with E-state index in [2.05, 4.69) is 0 Å². The smallest absolute Gasteiger partial charge is 0.419 e. The molecule has 1 aliphatic rings. The van der Waals surface area contributed by atoms with Crippen LogP contribution in [0.2, 0.25) is 0 Å². The number of alkyl halides is 5. The summed E-state index contributed by atoms with van der Waals surface area (Å²) in [5.74, 6) is -2.58. The summed E-state index contributed by atoms with van der Waals surface area (Å²) >= 11 is 0. The van der Waals surface area contributed by atoms with Crippen molar-refractivity contribution in [1.82, 2.24) is 3.97 Å². The SMILES string of the molecule is [2H]C([2H])([2H])O[C@@]1(C(F)F)CCc2c(S(=O)(=O)Nc3cc(F)c(C(F)(F)F)cc3OC)cn(S(=O)(=O)c3ccc(C)cc3)c2C1. The van der Waals surface area contributed by atoms with E-state index in [1.165, 1.54) is 24.3 Å². The molecule has 1 aromatic heterocycles. The van der Waals surface area contributed by atoms with E-state index in [4.69, 9.17) is 13.6 Å². The predicted molar refractivity (Wildman–Crippen MR) is 135 cm³/mol. The quantitative estimate of drug-likeness (QED) is 0.347. The fourth-order valence-corrected chi connectivity index (χ4v) is 7.34. The zero-order valence-corrected chi connectivity index (χ0v) is 22.9. The summed E-state index contributed by atoms with van der Waals surface area (Å²) in [6, 6.07) is 5.66. The molecule has 0 spiro atoms. The number of sulfonamides is 1. The number of fused-ring (bicyclic) bond motifs is 1. The number of anilines is 1. The van der Waals surface area contributed by atoms with Gasteiger partial charge >= 0.3 is 6.18 Å². The molecule has 2 aromatic carbocycles. The molecule has 0 radical (unpaired) electrons. The number of hydrogen-bond donors (Lipinski definition) is 1. The molecule has 0 bridgehead atoms. The van der Waals surface area contributed by atoms with Gasteiger partial charge in [0.25, 0.3) is 26.5 Å². The second kappa shape index (κ2) is 10.5. The van der Waals surface area contributed by atoms with E-state index < -0.39 is 98.0 Å². The van der Waals surface area contributed by atoms with Gasteiger partial charge in [-0.15, -0.1) is 0 Å². The molecule has 0 saturated carbocycles. The van der Waals surface area contributed by atoms with E-state index >= 15 is 0 Å². The van der Waals surface area contributed by atoms with Gasteiger partial charge in [0, 0.05) is 31.4 Å². The molecular formula is C25H24F6N2O6S2. The fourth-order valence-electron chi connectivity index (χ4n) is 4.50. The molecule has 1 aliphatic carbocycles. The average molecular weight is 630 g/mol. The minimum atomic E-state index is -5.15. The normalized spacial score (nSPS) is 19.3. The number of rotatable bonds is 8. The Morgan fingerprint density at radius 2 is 1.78 bits per heavy atom. The van der Waals surface area contributed by atoms with Crippen molar-refractivity contribution in [3.63, 3.8) is 0 Å². The van der Waals surface area contributed by atoms with Crippen LogP contribution >= 0.6 is 0 Å². The first-order chi connectivity index (χ1) is 20.1. The highest BCUT2D eigenvalue weighted by atomic mass is 32.2. The number of aromatic nitrogens is 1. The number of halogens is 6. The lowest BCUT2D eigenvalue weighted by Crippen LogP contribution is -2.45. The molecular weight excluding hydrogens is 602 g/mol. The Morgan fingerprint density at radius 1 is 1.12 bits per heavy atom. The Balaban J connectivity index is 1.91. The van der Waals surface area contributed by atoms with Gasteiger partial charge in [-0.25, -0.2) is 34.0 Å². The molecule has 41 heavy (non-hydrogen) atoms. The molecule has 4 rings (SSSR count). The Labute approximate surface area is 236 Å². The minimum absolute atomic E-state index is 0.220. The Morgan fingerprint density at radius 3 is 2.34 bits per heavy atom. The van der Waals surface area contributed by atoms with Crippen molar-refractivity contribution < 1.29 is 56.8 Å². The summed E-state index contributed by atoms with van der Waals surface area (Å²) in [7, 11) is -12.1. The molecule has 224 valence electrons. The van der Waals surface area contributed by atoms with Crippen LogP contribution in [0.15, 0.2) is 52.4 Å². The number of hydrogen-bond acceptors (Lipinski definition) is 6. The van der Waals surface area contributed by atoms with Gasteiger partial charge in [0.2, 0.25) is 0 Å². The van der Waals surface area contributed by atoms with Crippen LogP contribution in [-0.4, -0.2) is 47.0 Å². The summed E-state index contributed by atoms with van der Waals surface area (Å²) in [5, 5.41) is 0. The molecule has 16 heteroatoms. The van der Waals surface area contributed by atoms with E-state index in [9.17, 15) is 43.2 Å². The standard InChI is InChI=1S/C25H24F6N2O6S2/c1-14-4-6-15(7-5-14)41(36,37)33-13-22(16-8-9-24(39-3,23(27)28)12-20(16)33)40(34,35)32-19-11-18(26)17(25(29,30)31)10-21(19)38-2/h4-7,10-11,13,23,32H,8-9,12H2,1-3H3/t24-/m0/s1/i3D3. The van der Waals surface area contributed by atoms with Crippen molar-refractivity contribution in [3.8, 4) is 5.75 Å². The Bertz CT molecular complexity index is 1790. The number of benzene rings is 2. The van der Waals surface area contributed by atoms with Gasteiger partial charge in [-0.1, -0.05) is 17.7 Å². The maximum Gasteiger partial charge on any atom is 0.419 e. The Kier molecular flexibility index (Phi) is 6.85. The average Bonchev–Trinajstić information content (AvgIpc) is 3.27. The van der Waals surface area contributed by atoms with Crippen LogP contribution in [0.4, 0.5) is 32.0 Å². The van der Waals surface area contributed by atoms with Gasteiger partial charge in [0.05, 0.1) is 27.4 Å². The molecule has 0 saturated heterocycles. The van der Waals surface area contributed by atoms with Gasteiger partial charge < -0.3 is 9.47 Å². The predicted octanol–water partition coefficient (Wildman–Crippen LogP) is 5.14. The molecule has 0 amide bonds. The molecule has 1 N–H and O–H groups in total. The first kappa shape index (κ1) is 26.6. The molecule has 0 fully saturated rings. The molecule has 3 aromatic rings. The molecule has 0 aliphatic heterocycles. The Hall–Kier alpha value is -3.24. The lowest BCUT2D eigenvalue weighted by atomic mass is 9.84. The number of nitrogens with one attached hydrogen (secondary N) is 1. The van der Waals surface area contributed by atoms with Gasteiger partial charge in [-0.3, -0.25) is 4.72 Å². The molecule has 8 nitrogen and oxygen atoms in total. The van der Waals surface area contributed by atoms with Crippen LogP contribution in [0.5, 0.6) is 5.75 Å². The summed E-state index contributed by atoms with van der Waals surface area (Å²) in [4.78, 5) is -1.16. The van der Waals surface area contributed by atoms with E-state index in [1.807, 2.05) is 4.72 Å². The second-order valence-corrected chi connectivity index (χ2v) is 12.8. The van der Waals surface area contributed by atoms with Crippen LogP contribution in [0.3, 0.4) is 0 Å². The summed E-state index contributed by atoms with van der Waals surface area (Å²) < 4.78 is 171. The van der Waals surface area contributed by atoms with Crippen LogP contribution in [-0.2, 0) is 43.8 Å². The van der Waals surface area contributed by atoms with Crippen molar-refractivity contribution in [1.29, 1.82) is 0 Å². The first-order valence-electron chi connectivity index (χ1n) is 13.1.